The van der Waals surface area contributed by atoms with Gasteiger partial charge in [-0.1, -0.05) is 39.8 Å². The molecule has 10 heteroatoms. The van der Waals surface area contributed by atoms with Gasteiger partial charge in [0, 0.05) is 22.3 Å². The number of aliphatic hydroxyl groups is 1. The molecule has 1 aromatic carbocycles. The fourth-order valence-corrected chi connectivity index (χ4v) is 7.12. The predicted octanol–water partition coefficient (Wildman–Crippen LogP) is 6.31. The summed E-state index contributed by atoms with van der Waals surface area (Å²) in [5.74, 6) is -4.12. The zero-order valence-electron chi connectivity index (χ0n) is 21.9. The number of halogens is 3. The SMILES string of the molecule is Cc1nc(N[C@H](C)c2cccc(C(F)(F)C(C)(C)O)c2F)c2cc(P(=O)(C(C)C)C(C)C)ncc2n1. The van der Waals surface area contributed by atoms with Crippen LogP contribution < -0.4 is 10.8 Å². The minimum Gasteiger partial charge on any atom is -0.384 e. The van der Waals surface area contributed by atoms with E-state index in [1.165, 1.54) is 12.1 Å². The van der Waals surface area contributed by atoms with Gasteiger partial charge in [0.25, 0.3) is 0 Å². The summed E-state index contributed by atoms with van der Waals surface area (Å²) in [5.41, 5.74) is -2.62. The van der Waals surface area contributed by atoms with E-state index in [9.17, 15) is 18.5 Å². The van der Waals surface area contributed by atoms with Gasteiger partial charge in [-0.05, 0) is 39.8 Å². The highest BCUT2D eigenvalue weighted by Crippen LogP contribution is 2.53. The van der Waals surface area contributed by atoms with Crippen LogP contribution in [0.4, 0.5) is 19.0 Å². The Morgan fingerprint density at radius 1 is 1.06 bits per heavy atom. The minimum absolute atomic E-state index is 0.00912. The van der Waals surface area contributed by atoms with Gasteiger partial charge in [0.2, 0.25) is 0 Å². The molecule has 0 amide bonds. The summed E-state index contributed by atoms with van der Waals surface area (Å²) in [6.07, 6.45) is 1.55. The van der Waals surface area contributed by atoms with Gasteiger partial charge < -0.3 is 15.0 Å². The second-order valence-corrected chi connectivity index (χ2v) is 14.2. The molecule has 3 aromatic rings. The number of nitrogens with one attached hydrogen (secondary N) is 1. The maximum Gasteiger partial charge on any atom is 0.303 e. The predicted molar refractivity (Wildman–Crippen MR) is 138 cm³/mol. The number of aryl methyl sites for hydroxylation is 1. The average Bonchev–Trinajstić information content (AvgIpc) is 2.77. The van der Waals surface area contributed by atoms with Crippen LogP contribution in [-0.2, 0) is 10.5 Å². The maximum absolute atomic E-state index is 15.3. The summed E-state index contributed by atoms with van der Waals surface area (Å²) in [4.78, 5) is 13.4. The van der Waals surface area contributed by atoms with Gasteiger partial charge in [-0.2, -0.15) is 8.78 Å². The Morgan fingerprint density at radius 2 is 1.67 bits per heavy atom. The van der Waals surface area contributed by atoms with E-state index >= 15 is 4.39 Å². The van der Waals surface area contributed by atoms with E-state index in [1.54, 1.807) is 26.1 Å². The summed E-state index contributed by atoms with van der Waals surface area (Å²) in [6, 6.07) is 4.66. The number of nitrogens with zero attached hydrogens (tertiary/aromatic N) is 3. The summed E-state index contributed by atoms with van der Waals surface area (Å²) in [7, 11) is -2.85. The first kappa shape index (κ1) is 28.1. The zero-order chi connectivity index (χ0) is 27.2. The number of fused-ring (bicyclic) bond motifs is 1. The van der Waals surface area contributed by atoms with Gasteiger partial charge in [0.05, 0.1) is 23.3 Å². The van der Waals surface area contributed by atoms with Crippen molar-refractivity contribution in [3.8, 4) is 0 Å². The second-order valence-electron chi connectivity index (χ2n) is 10.3. The van der Waals surface area contributed by atoms with E-state index in [4.69, 9.17) is 0 Å². The average molecular weight is 523 g/mol. The van der Waals surface area contributed by atoms with Crippen molar-refractivity contribution in [3.05, 3.63) is 53.2 Å². The van der Waals surface area contributed by atoms with Crippen molar-refractivity contribution in [3.63, 3.8) is 0 Å². The van der Waals surface area contributed by atoms with E-state index in [0.29, 0.717) is 28.0 Å². The molecule has 0 bridgehead atoms. The van der Waals surface area contributed by atoms with Crippen molar-refractivity contribution in [2.45, 2.75) is 84.3 Å². The van der Waals surface area contributed by atoms with Crippen molar-refractivity contribution in [2.75, 3.05) is 5.32 Å². The number of hydrogen-bond donors (Lipinski definition) is 2. The first-order valence-electron chi connectivity index (χ1n) is 11.9. The number of aromatic nitrogens is 3. The Labute approximate surface area is 210 Å². The van der Waals surface area contributed by atoms with Gasteiger partial charge >= 0.3 is 5.92 Å². The molecule has 2 heterocycles. The number of pyridine rings is 1. The molecule has 36 heavy (non-hydrogen) atoms. The van der Waals surface area contributed by atoms with Crippen molar-refractivity contribution >= 4 is 29.3 Å². The highest BCUT2D eigenvalue weighted by molar-refractivity contribution is 7.72. The van der Waals surface area contributed by atoms with Crippen LogP contribution in [0.2, 0.25) is 0 Å². The molecule has 0 saturated carbocycles. The topological polar surface area (TPSA) is 88.0 Å². The normalized spacial score (nSPS) is 14.1. The van der Waals surface area contributed by atoms with E-state index in [2.05, 4.69) is 20.3 Å². The number of rotatable bonds is 8. The van der Waals surface area contributed by atoms with Gasteiger partial charge in [0.15, 0.2) is 0 Å². The van der Waals surface area contributed by atoms with E-state index in [0.717, 1.165) is 19.9 Å². The largest absolute Gasteiger partial charge is 0.384 e. The van der Waals surface area contributed by atoms with Crippen molar-refractivity contribution in [1.29, 1.82) is 0 Å². The summed E-state index contributed by atoms with van der Waals surface area (Å²) >= 11 is 0. The van der Waals surface area contributed by atoms with Crippen LogP contribution in [0.15, 0.2) is 30.5 Å². The lowest BCUT2D eigenvalue weighted by molar-refractivity contribution is -0.170. The van der Waals surface area contributed by atoms with E-state index < -0.39 is 36.1 Å². The van der Waals surface area contributed by atoms with E-state index in [-0.39, 0.29) is 16.9 Å². The lowest BCUT2D eigenvalue weighted by Gasteiger charge is -2.30. The fourth-order valence-electron chi connectivity index (χ4n) is 4.30. The lowest BCUT2D eigenvalue weighted by atomic mass is 9.91. The highest BCUT2D eigenvalue weighted by atomic mass is 31.2. The summed E-state index contributed by atoms with van der Waals surface area (Å²) in [6.45, 7) is 12.8. The summed E-state index contributed by atoms with van der Waals surface area (Å²) < 4.78 is 58.8. The first-order valence-corrected chi connectivity index (χ1v) is 13.8. The zero-order valence-corrected chi connectivity index (χ0v) is 22.8. The molecule has 3 rings (SSSR count). The fraction of sp³-hybridized carbons (Fsp3) is 0.500. The molecular formula is C26H34F3N4O2P. The highest BCUT2D eigenvalue weighted by Gasteiger charge is 2.49. The van der Waals surface area contributed by atoms with Gasteiger partial charge in [0.1, 0.15) is 35.6 Å². The first-order chi connectivity index (χ1) is 16.5. The maximum atomic E-state index is 15.3. The minimum atomic E-state index is -3.81. The monoisotopic (exact) mass is 522 g/mol. The quantitative estimate of drug-likeness (QED) is 0.337. The Kier molecular flexibility index (Phi) is 7.60. The van der Waals surface area contributed by atoms with Crippen LogP contribution in [0, 0.1) is 12.7 Å². The van der Waals surface area contributed by atoms with Crippen molar-refractivity contribution < 1.29 is 22.8 Å². The van der Waals surface area contributed by atoms with Gasteiger partial charge in [-0.25, -0.2) is 14.4 Å². The summed E-state index contributed by atoms with van der Waals surface area (Å²) in [5, 5.41) is 13.6. The van der Waals surface area contributed by atoms with Crippen LogP contribution in [0.1, 0.15) is 71.5 Å². The van der Waals surface area contributed by atoms with Crippen LogP contribution in [-0.4, -0.2) is 37.0 Å². The third-order valence-corrected chi connectivity index (χ3v) is 10.6. The molecular weight excluding hydrogens is 488 g/mol. The molecule has 0 spiro atoms. The number of hydrogen-bond acceptors (Lipinski definition) is 6. The molecule has 0 aliphatic heterocycles. The lowest BCUT2D eigenvalue weighted by Crippen LogP contribution is -2.41. The number of anilines is 1. The molecule has 196 valence electrons. The second kappa shape index (κ2) is 9.75. The Balaban J connectivity index is 2.11. The third-order valence-electron chi connectivity index (χ3n) is 6.53. The molecule has 0 radical (unpaired) electrons. The number of alkyl halides is 2. The Bertz CT molecular complexity index is 1310. The third kappa shape index (κ3) is 4.88. The molecule has 0 saturated heterocycles. The molecule has 0 aliphatic rings. The molecule has 0 fully saturated rings. The van der Waals surface area contributed by atoms with Crippen LogP contribution in [0.25, 0.3) is 10.9 Å². The van der Waals surface area contributed by atoms with Crippen molar-refractivity contribution in [2.24, 2.45) is 0 Å². The van der Waals surface area contributed by atoms with Crippen molar-refractivity contribution in [1.82, 2.24) is 15.0 Å². The van der Waals surface area contributed by atoms with Gasteiger partial charge in [-0.3, -0.25) is 4.98 Å². The van der Waals surface area contributed by atoms with Crippen LogP contribution in [0.5, 0.6) is 0 Å². The Hall–Kier alpha value is -2.51. The smallest absolute Gasteiger partial charge is 0.303 e. The standard InChI is InChI=1S/C26H34F3N4O2P/c1-14(2)36(35,15(3)4)22-12-19-21(13-30-22)32-17(6)33-24(19)31-16(5)18-10-9-11-20(23(18)27)26(28,29)25(7,8)34/h9-16,34H,1-8H3,(H,31,32,33)/t16-/m1/s1. The molecule has 0 unspecified atom stereocenters. The number of benzene rings is 1. The molecule has 6 nitrogen and oxygen atoms in total. The van der Waals surface area contributed by atoms with Crippen LogP contribution in [0.3, 0.4) is 0 Å². The van der Waals surface area contributed by atoms with Gasteiger partial charge in [-0.15, -0.1) is 0 Å². The molecule has 2 N–H and O–H groups in total. The molecule has 0 aliphatic carbocycles. The Morgan fingerprint density at radius 3 is 2.22 bits per heavy atom. The van der Waals surface area contributed by atoms with Crippen LogP contribution >= 0.6 is 7.14 Å². The van der Waals surface area contributed by atoms with E-state index in [1.807, 2.05) is 27.7 Å². The molecule has 1 atom stereocenters. The molecule has 2 aromatic heterocycles.